The molecule has 1 aliphatic rings. The fraction of sp³-hybridized carbons (Fsp3) is 0.250. The lowest BCUT2D eigenvalue weighted by Crippen LogP contribution is -2.29. The summed E-state index contributed by atoms with van der Waals surface area (Å²) in [4.78, 5) is 0. The Labute approximate surface area is 123 Å². The Kier molecular flexibility index (Phi) is 3.92. The van der Waals surface area contributed by atoms with Gasteiger partial charge >= 0.3 is 0 Å². The maximum atomic E-state index is 5.91. The Hall–Kier alpha value is -1.55. The summed E-state index contributed by atoms with van der Waals surface area (Å²) in [6.07, 6.45) is 1.80. The predicted molar refractivity (Wildman–Crippen MR) is 80.9 cm³/mol. The van der Waals surface area contributed by atoms with E-state index in [2.05, 4.69) is 17.6 Å². The van der Waals surface area contributed by atoms with Gasteiger partial charge in [-0.05, 0) is 41.3 Å². The molecule has 20 heavy (non-hydrogen) atoms. The third-order valence-electron chi connectivity index (χ3n) is 3.67. The number of nitrogens with one attached hydrogen (secondary N) is 1. The third-order valence-corrected chi connectivity index (χ3v) is 3.92. The summed E-state index contributed by atoms with van der Waals surface area (Å²) in [7, 11) is 0. The molecule has 0 saturated carbocycles. The molecule has 0 bridgehead atoms. The van der Waals surface area contributed by atoms with Crippen LogP contribution in [0, 0.1) is 0 Å². The van der Waals surface area contributed by atoms with Crippen LogP contribution in [-0.2, 0) is 12.8 Å². The fourth-order valence-corrected chi connectivity index (χ4v) is 2.68. The molecule has 1 unspecified atom stereocenters. The van der Waals surface area contributed by atoms with Crippen LogP contribution in [0.4, 0.5) is 0 Å². The standard InChI is InChI=1S/C16H17ClN2O/c17-14-4-1-11(2-5-14)9-15(19-18)12-3-6-16-13(10-12)7-8-20-16/h1-6,10,15,19H,7-9,18H2. The minimum Gasteiger partial charge on any atom is -0.493 e. The van der Waals surface area contributed by atoms with Crippen molar-refractivity contribution < 1.29 is 4.74 Å². The number of hydrazine groups is 1. The number of fused-ring (bicyclic) bond motifs is 1. The minimum atomic E-state index is 0.0853. The number of hydrogen-bond acceptors (Lipinski definition) is 3. The van der Waals surface area contributed by atoms with Gasteiger partial charge < -0.3 is 4.74 Å². The van der Waals surface area contributed by atoms with Crippen LogP contribution in [0.25, 0.3) is 0 Å². The lowest BCUT2D eigenvalue weighted by Gasteiger charge is -2.17. The Bertz CT molecular complexity index is 598. The summed E-state index contributed by atoms with van der Waals surface area (Å²) in [6, 6.07) is 14.2. The molecule has 3 nitrogen and oxygen atoms in total. The number of benzene rings is 2. The molecule has 2 aromatic rings. The van der Waals surface area contributed by atoms with E-state index in [4.69, 9.17) is 22.2 Å². The summed E-state index contributed by atoms with van der Waals surface area (Å²) < 4.78 is 5.53. The normalized spacial score (nSPS) is 14.7. The second-order valence-corrected chi connectivity index (χ2v) is 5.45. The van der Waals surface area contributed by atoms with Gasteiger partial charge in [0.1, 0.15) is 5.75 Å². The third kappa shape index (κ3) is 2.80. The van der Waals surface area contributed by atoms with E-state index in [1.165, 1.54) is 16.7 Å². The molecular formula is C16H17ClN2O. The summed E-state index contributed by atoms with van der Waals surface area (Å²) in [5.41, 5.74) is 6.55. The van der Waals surface area contributed by atoms with Gasteiger partial charge in [-0.15, -0.1) is 0 Å². The van der Waals surface area contributed by atoms with Crippen molar-refractivity contribution in [2.24, 2.45) is 5.84 Å². The smallest absolute Gasteiger partial charge is 0.122 e. The molecule has 0 radical (unpaired) electrons. The number of ether oxygens (including phenoxy) is 1. The van der Waals surface area contributed by atoms with Crippen LogP contribution in [0.15, 0.2) is 42.5 Å². The summed E-state index contributed by atoms with van der Waals surface area (Å²) in [5.74, 6) is 6.72. The average Bonchev–Trinajstić information content (AvgIpc) is 2.94. The zero-order chi connectivity index (χ0) is 13.9. The first-order valence-corrected chi connectivity index (χ1v) is 7.10. The zero-order valence-electron chi connectivity index (χ0n) is 11.1. The molecule has 2 aromatic carbocycles. The van der Waals surface area contributed by atoms with E-state index in [9.17, 15) is 0 Å². The number of halogens is 1. The van der Waals surface area contributed by atoms with E-state index in [0.29, 0.717) is 0 Å². The lowest BCUT2D eigenvalue weighted by molar-refractivity contribution is 0.356. The molecule has 1 aliphatic heterocycles. The molecule has 1 atom stereocenters. The number of hydrogen-bond donors (Lipinski definition) is 2. The molecule has 0 spiro atoms. The SMILES string of the molecule is NNC(Cc1ccc(Cl)cc1)c1ccc2c(c1)CCO2. The first kappa shape index (κ1) is 13.4. The Morgan fingerprint density at radius 3 is 2.75 bits per heavy atom. The molecule has 1 heterocycles. The highest BCUT2D eigenvalue weighted by atomic mass is 35.5. The Morgan fingerprint density at radius 1 is 1.20 bits per heavy atom. The van der Waals surface area contributed by atoms with Gasteiger partial charge in [-0.2, -0.15) is 0 Å². The summed E-state index contributed by atoms with van der Waals surface area (Å²) in [6.45, 7) is 0.774. The van der Waals surface area contributed by atoms with Crippen molar-refractivity contribution in [1.29, 1.82) is 0 Å². The molecule has 3 rings (SSSR count). The van der Waals surface area contributed by atoms with E-state index in [-0.39, 0.29) is 6.04 Å². The molecule has 0 aliphatic carbocycles. The van der Waals surface area contributed by atoms with Crippen LogP contribution in [-0.4, -0.2) is 6.61 Å². The van der Waals surface area contributed by atoms with Gasteiger partial charge in [0.2, 0.25) is 0 Å². The van der Waals surface area contributed by atoms with Crippen molar-refractivity contribution in [2.45, 2.75) is 18.9 Å². The van der Waals surface area contributed by atoms with Crippen LogP contribution in [0.5, 0.6) is 5.75 Å². The summed E-state index contributed by atoms with van der Waals surface area (Å²) >= 11 is 5.91. The monoisotopic (exact) mass is 288 g/mol. The molecule has 4 heteroatoms. The Morgan fingerprint density at radius 2 is 2.00 bits per heavy atom. The van der Waals surface area contributed by atoms with Crippen molar-refractivity contribution in [3.05, 3.63) is 64.2 Å². The largest absolute Gasteiger partial charge is 0.493 e. The topological polar surface area (TPSA) is 47.3 Å². The van der Waals surface area contributed by atoms with E-state index >= 15 is 0 Å². The second kappa shape index (κ2) is 5.83. The molecule has 0 amide bonds. The average molecular weight is 289 g/mol. The minimum absolute atomic E-state index is 0.0853. The van der Waals surface area contributed by atoms with Crippen LogP contribution in [0.1, 0.15) is 22.7 Å². The van der Waals surface area contributed by atoms with Gasteiger partial charge in [0, 0.05) is 17.5 Å². The van der Waals surface area contributed by atoms with Gasteiger partial charge in [0.25, 0.3) is 0 Å². The zero-order valence-corrected chi connectivity index (χ0v) is 11.9. The number of nitrogens with two attached hydrogens (primary N) is 1. The van der Waals surface area contributed by atoms with Gasteiger partial charge in [-0.3, -0.25) is 11.3 Å². The molecule has 3 N–H and O–H groups in total. The molecular weight excluding hydrogens is 272 g/mol. The van der Waals surface area contributed by atoms with Gasteiger partial charge in [0.05, 0.1) is 6.61 Å². The predicted octanol–water partition coefficient (Wildman–Crippen LogP) is 3.02. The highest BCUT2D eigenvalue weighted by Gasteiger charge is 2.16. The molecule has 104 valence electrons. The maximum Gasteiger partial charge on any atom is 0.122 e. The van der Waals surface area contributed by atoms with E-state index in [1.54, 1.807) is 0 Å². The lowest BCUT2D eigenvalue weighted by atomic mass is 9.97. The van der Waals surface area contributed by atoms with E-state index < -0.39 is 0 Å². The fourth-order valence-electron chi connectivity index (χ4n) is 2.55. The van der Waals surface area contributed by atoms with Gasteiger partial charge in [-0.25, -0.2) is 0 Å². The van der Waals surface area contributed by atoms with Crippen molar-refractivity contribution >= 4 is 11.6 Å². The number of rotatable bonds is 4. The van der Waals surface area contributed by atoms with Gasteiger partial charge in [0.15, 0.2) is 0 Å². The summed E-state index contributed by atoms with van der Waals surface area (Å²) in [5, 5.41) is 0.751. The van der Waals surface area contributed by atoms with Crippen LogP contribution >= 0.6 is 11.6 Å². The highest BCUT2D eigenvalue weighted by Crippen LogP contribution is 2.29. The maximum absolute atomic E-state index is 5.91. The van der Waals surface area contributed by atoms with Crippen molar-refractivity contribution in [3.8, 4) is 5.75 Å². The van der Waals surface area contributed by atoms with Crippen molar-refractivity contribution in [3.63, 3.8) is 0 Å². The van der Waals surface area contributed by atoms with Gasteiger partial charge in [-0.1, -0.05) is 35.9 Å². The van der Waals surface area contributed by atoms with Crippen LogP contribution in [0.2, 0.25) is 5.02 Å². The van der Waals surface area contributed by atoms with E-state index in [0.717, 1.165) is 30.2 Å². The Balaban J connectivity index is 1.81. The van der Waals surface area contributed by atoms with E-state index in [1.807, 2.05) is 30.3 Å². The van der Waals surface area contributed by atoms with Crippen LogP contribution < -0.4 is 16.0 Å². The quantitative estimate of drug-likeness (QED) is 0.671. The first-order chi connectivity index (χ1) is 9.76. The van der Waals surface area contributed by atoms with Crippen LogP contribution in [0.3, 0.4) is 0 Å². The molecule has 0 fully saturated rings. The van der Waals surface area contributed by atoms with Crippen molar-refractivity contribution in [2.75, 3.05) is 6.61 Å². The highest BCUT2D eigenvalue weighted by molar-refractivity contribution is 6.30. The first-order valence-electron chi connectivity index (χ1n) is 6.72. The molecule has 0 saturated heterocycles. The second-order valence-electron chi connectivity index (χ2n) is 5.02. The molecule has 0 aromatic heterocycles. The van der Waals surface area contributed by atoms with Crippen molar-refractivity contribution in [1.82, 2.24) is 5.43 Å².